The van der Waals surface area contributed by atoms with Gasteiger partial charge in [0.15, 0.2) is 4.99 Å². The SMILES string of the molecule is Cc1cccc(OC(Cc2ccccc2)CC(P(=O)(O)O)S(=O)(=O)O)c1. The Bertz CT molecular complexity index is 877. The highest BCUT2D eigenvalue weighted by molar-refractivity contribution is 7.93. The molecule has 0 aromatic heterocycles. The first-order valence-corrected chi connectivity index (χ1v) is 11.0. The average molecular weight is 400 g/mol. The van der Waals surface area contributed by atoms with Gasteiger partial charge in [-0.1, -0.05) is 42.5 Å². The van der Waals surface area contributed by atoms with Crippen molar-refractivity contribution in [1.82, 2.24) is 0 Å². The summed E-state index contributed by atoms with van der Waals surface area (Å²) in [5.74, 6) is 0.450. The molecule has 0 radical (unpaired) electrons. The first kappa shape index (κ1) is 20.6. The third kappa shape index (κ3) is 6.23. The van der Waals surface area contributed by atoms with Gasteiger partial charge in [0.2, 0.25) is 0 Å². The summed E-state index contributed by atoms with van der Waals surface area (Å²) in [6.45, 7) is 1.86. The van der Waals surface area contributed by atoms with Gasteiger partial charge in [-0.05, 0) is 30.2 Å². The van der Waals surface area contributed by atoms with Gasteiger partial charge in [0, 0.05) is 12.8 Å². The van der Waals surface area contributed by atoms with Crippen molar-refractivity contribution in [2.75, 3.05) is 0 Å². The van der Waals surface area contributed by atoms with Crippen molar-refractivity contribution in [3.63, 3.8) is 0 Å². The van der Waals surface area contributed by atoms with Gasteiger partial charge in [0.05, 0.1) is 0 Å². The Morgan fingerprint density at radius 2 is 1.73 bits per heavy atom. The van der Waals surface area contributed by atoms with Crippen LogP contribution in [0.15, 0.2) is 54.6 Å². The van der Waals surface area contributed by atoms with E-state index in [0.717, 1.165) is 11.1 Å². The largest absolute Gasteiger partial charge is 0.490 e. The summed E-state index contributed by atoms with van der Waals surface area (Å²) in [5.41, 5.74) is 1.73. The number of hydrogen-bond acceptors (Lipinski definition) is 4. The lowest BCUT2D eigenvalue weighted by atomic mass is 10.1. The van der Waals surface area contributed by atoms with E-state index in [4.69, 9.17) is 4.74 Å². The van der Waals surface area contributed by atoms with E-state index in [-0.39, 0.29) is 6.42 Å². The van der Waals surface area contributed by atoms with E-state index in [2.05, 4.69) is 0 Å². The van der Waals surface area contributed by atoms with Crippen LogP contribution in [0.2, 0.25) is 0 Å². The Balaban J connectivity index is 2.31. The number of hydrogen-bond donors (Lipinski definition) is 3. The van der Waals surface area contributed by atoms with Gasteiger partial charge in [-0.15, -0.1) is 0 Å². The Morgan fingerprint density at radius 1 is 1.08 bits per heavy atom. The van der Waals surface area contributed by atoms with E-state index in [1.54, 1.807) is 42.5 Å². The zero-order chi connectivity index (χ0) is 19.4. The molecule has 26 heavy (non-hydrogen) atoms. The van der Waals surface area contributed by atoms with Crippen molar-refractivity contribution in [3.05, 3.63) is 65.7 Å². The van der Waals surface area contributed by atoms with Gasteiger partial charge in [0.1, 0.15) is 11.9 Å². The molecule has 2 rings (SSSR count). The van der Waals surface area contributed by atoms with Crippen molar-refractivity contribution in [2.24, 2.45) is 0 Å². The second kappa shape index (κ2) is 8.33. The van der Waals surface area contributed by atoms with Gasteiger partial charge in [-0.3, -0.25) is 9.12 Å². The van der Waals surface area contributed by atoms with E-state index in [0.29, 0.717) is 5.75 Å². The van der Waals surface area contributed by atoms with Gasteiger partial charge in [-0.2, -0.15) is 8.42 Å². The van der Waals surface area contributed by atoms with Gasteiger partial charge >= 0.3 is 7.60 Å². The van der Waals surface area contributed by atoms with E-state index in [9.17, 15) is 27.3 Å². The summed E-state index contributed by atoms with van der Waals surface area (Å²) in [5, 5.41) is 0. The maximum Gasteiger partial charge on any atom is 0.346 e. The minimum absolute atomic E-state index is 0.223. The summed E-state index contributed by atoms with van der Waals surface area (Å²) in [6, 6.07) is 16.0. The molecule has 3 N–H and O–H groups in total. The van der Waals surface area contributed by atoms with Crippen LogP contribution in [-0.2, 0) is 21.1 Å². The molecule has 142 valence electrons. The van der Waals surface area contributed by atoms with Crippen LogP contribution in [0.3, 0.4) is 0 Å². The van der Waals surface area contributed by atoms with Crippen molar-refractivity contribution in [2.45, 2.75) is 30.9 Å². The summed E-state index contributed by atoms with van der Waals surface area (Å²) in [6.07, 6.45) is -1.19. The number of aryl methyl sites for hydroxylation is 1. The zero-order valence-electron chi connectivity index (χ0n) is 14.1. The number of rotatable bonds is 8. The lowest BCUT2D eigenvalue weighted by Gasteiger charge is -2.24. The molecule has 0 fully saturated rings. The first-order valence-electron chi connectivity index (χ1n) is 7.84. The quantitative estimate of drug-likeness (QED) is 0.460. The van der Waals surface area contributed by atoms with Crippen LogP contribution in [-0.4, -0.2) is 33.9 Å². The summed E-state index contributed by atoms with van der Waals surface area (Å²) in [4.78, 5) is 16.5. The molecular formula is C17H21O7PS. The molecule has 7 nitrogen and oxygen atoms in total. The molecule has 0 amide bonds. The van der Waals surface area contributed by atoms with E-state index in [1.807, 2.05) is 19.1 Å². The first-order chi connectivity index (χ1) is 12.1. The summed E-state index contributed by atoms with van der Waals surface area (Å²) in [7, 11) is -10.0. The third-order valence-electron chi connectivity index (χ3n) is 3.78. The van der Waals surface area contributed by atoms with Gasteiger partial charge in [-0.25, -0.2) is 0 Å². The highest BCUT2D eigenvalue weighted by Gasteiger charge is 2.42. The molecule has 0 spiro atoms. The molecule has 2 aromatic rings. The predicted octanol–water partition coefficient (Wildman–Crippen LogP) is 2.77. The Morgan fingerprint density at radius 3 is 2.27 bits per heavy atom. The van der Waals surface area contributed by atoms with Crippen LogP contribution in [0, 0.1) is 6.92 Å². The Hall–Kier alpha value is -1.70. The molecule has 0 bridgehead atoms. The molecule has 0 saturated carbocycles. The van der Waals surface area contributed by atoms with Gasteiger partial charge < -0.3 is 14.5 Å². The summed E-state index contributed by atoms with van der Waals surface area (Å²) < 4.78 is 49.6. The van der Waals surface area contributed by atoms with Crippen molar-refractivity contribution in [3.8, 4) is 5.75 Å². The molecule has 2 aromatic carbocycles. The van der Waals surface area contributed by atoms with Gasteiger partial charge in [0.25, 0.3) is 10.1 Å². The summed E-state index contributed by atoms with van der Waals surface area (Å²) >= 11 is 0. The van der Waals surface area contributed by atoms with Crippen molar-refractivity contribution >= 4 is 17.7 Å². The second-order valence-electron chi connectivity index (χ2n) is 6.04. The normalized spacial score (nSPS) is 14.6. The van der Waals surface area contributed by atoms with Crippen molar-refractivity contribution in [1.29, 1.82) is 0 Å². The standard InChI is InChI=1S/C17H21O7PS/c1-13-6-5-9-15(10-13)24-16(11-14-7-3-2-4-8-14)12-17(25(18,19)20)26(21,22)23/h2-10,16-17H,11-12H2,1H3,(H2,18,19,20)(H,21,22,23). The number of ether oxygens (including phenoxy) is 1. The predicted molar refractivity (Wildman–Crippen MR) is 97.7 cm³/mol. The van der Waals surface area contributed by atoms with Crippen LogP contribution in [0.5, 0.6) is 5.75 Å². The lowest BCUT2D eigenvalue weighted by Crippen LogP contribution is -2.30. The third-order valence-corrected chi connectivity index (χ3v) is 7.25. The monoisotopic (exact) mass is 400 g/mol. The lowest BCUT2D eigenvalue weighted by molar-refractivity contribution is 0.190. The van der Waals surface area contributed by atoms with E-state index >= 15 is 0 Å². The maximum atomic E-state index is 11.6. The fourth-order valence-electron chi connectivity index (χ4n) is 2.59. The molecule has 0 aliphatic heterocycles. The smallest absolute Gasteiger partial charge is 0.346 e. The average Bonchev–Trinajstić information content (AvgIpc) is 2.51. The highest BCUT2D eigenvalue weighted by Crippen LogP contribution is 2.46. The van der Waals surface area contributed by atoms with E-state index in [1.165, 1.54) is 0 Å². The fourth-order valence-corrected chi connectivity index (χ4v) is 4.94. The van der Waals surface area contributed by atoms with Crippen LogP contribution < -0.4 is 4.74 Å². The van der Waals surface area contributed by atoms with E-state index < -0.39 is 35.2 Å². The number of benzene rings is 2. The minimum atomic E-state index is -5.09. The molecule has 2 atom stereocenters. The molecule has 0 saturated heterocycles. The zero-order valence-corrected chi connectivity index (χ0v) is 15.8. The van der Waals surface area contributed by atoms with Crippen molar-refractivity contribution < 1.29 is 32.1 Å². The molecule has 0 aliphatic carbocycles. The van der Waals surface area contributed by atoms with Crippen LogP contribution >= 0.6 is 7.60 Å². The molecule has 2 unspecified atom stereocenters. The minimum Gasteiger partial charge on any atom is -0.490 e. The van der Waals surface area contributed by atoms with Crippen LogP contribution in [0.25, 0.3) is 0 Å². The molecule has 0 aliphatic rings. The highest BCUT2D eigenvalue weighted by atomic mass is 32.2. The van der Waals surface area contributed by atoms with Crippen LogP contribution in [0.1, 0.15) is 17.5 Å². The Labute approximate surface area is 152 Å². The molecular weight excluding hydrogens is 379 g/mol. The van der Waals surface area contributed by atoms with Crippen LogP contribution in [0.4, 0.5) is 0 Å². The fraction of sp³-hybridized carbons (Fsp3) is 0.294. The topological polar surface area (TPSA) is 121 Å². The second-order valence-corrected chi connectivity index (χ2v) is 9.79. The maximum absolute atomic E-state index is 11.6. The molecule has 9 heteroatoms. The Kier molecular flexibility index (Phi) is 6.60. The molecule has 0 heterocycles.